The molecule has 4 heterocycles. The van der Waals surface area contributed by atoms with Gasteiger partial charge in [-0.15, -0.1) is 0 Å². The summed E-state index contributed by atoms with van der Waals surface area (Å²) in [4.78, 5) is 50.2. The molecular formula is C42H32ClN5O3. The summed E-state index contributed by atoms with van der Waals surface area (Å²) in [5.41, 5.74) is 14.2. The molecule has 8 aromatic rings. The standard InChI is InChI=1S/C21H17N3O.C21H14N2O2.ClH/c22-13-14-6-8-16(9-7-14)20-17(15-4-2-1-3-5-15)12-18-19(24-20)10-11-23-21(18)25;24-13-14-6-8-16(9-7-14)20-17(15-4-2-1-3-5-15)12-18-19(23-20)10-11-22-21(18)25;/h1-12H,13,22H2,(H,23,25);1-13H,(H,22,25);1H. The van der Waals surface area contributed by atoms with Crippen LogP contribution in [-0.2, 0) is 6.54 Å². The predicted molar refractivity (Wildman–Crippen MR) is 198 cm³/mol. The molecule has 0 amide bonds. The van der Waals surface area contributed by atoms with E-state index in [2.05, 4.69) is 40.0 Å². The van der Waals surface area contributed by atoms with Gasteiger partial charge in [0.25, 0.3) is 11.1 Å². The molecule has 0 aliphatic heterocycles. The van der Waals surface area contributed by atoms with E-state index >= 15 is 0 Å². The van der Waals surface area contributed by atoms with E-state index in [4.69, 9.17) is 9.97 Å². The maximum atomic E-state index is 12.2. The second kappa shape index (κ2) is 15.4. The van der Waals surface area contributed by atoms with Gasteiger partial charge in [0.15, 0.2) is 0 Å². The summed E-state index contributed by atoms with van der Waals surface area (Å²) in [6, 6.07) is 42.8. The Balaban J connectivity index is 0.000000172. The van der Waals surface area contributed by atoms with Crippen LogP contribution in [0.3, 0.4) is 0 Å². The summed E-state index contributed by atoms with van der Waals surface area (Å²) >= 11 is 0. The predicted octanol–water partition coefficient (Wildman–Crippen LogP) is 4.07. The van der Waals surface area contributed by atoms with E-state index in [0.29, 0.717) is 27.4 Å². The number of nitrogens with one attached hydrogen (secondary N) is 2. The lowest BCUT2D eigenvalue weighted by Crippen LogP contribution is -3.00. The number of hydrogen-bond donors (Lipinski definition) is 3. The zero-order valence-electron chi connectivity index (χ0n) is 27.3. The zero-order chi connectivity index (χ0) is 34.5. The van der Waals surface area contributed by atoms with Crippen molar-refractivity contribution in [3.05, 3.63) is 178 Å². The number of carbonyl (C=O) groups excluding carboxylic acids is 1. The number of quaternary nitrogens is 1. The molecular weight excluding hydrogens is 658 g/mol. The first-order valence-electron chi connectivity index (χ1n) is 16.1. The Morgan fingerprint density at radius 2 is 0.980 bits per heavy atom. The van der Waals surface area contributed by atoms with Crippen molar-refractivity contribution >= 4 is 28.1 Å². The number of aldehydes is 1. The molecule has 250 valence electrons. The van der Waals surface area contributed by atoms with E-state index in [1.165, 1.54) is 5.56 Å². The Labute approximate surface area is 299 Å². The molecule has 0 saturated heterocycles. The minimum absolute atomic E-state index is 0. The van der Waals surface area contributed by atoms with Crippen LogP contribution in [0.2, 0.25) is 0 Å². The maximum Gasteiger partial charge on any atom is 0.257 e. The van der Waals surface area contributed by atoms with Crippen LogP contribution in [-0.4, -0.2) is 26.2 Å². The molecule has 5 N–H and O–H groups in total. The normalized spacial score (nSPS) is 10.6. The number of pyridine rings is 4. The summed E-state index contributed by atoms with van der Waals surface area (Å²) in [6.45, 7) is 0.756. The first-order valence-corrected chi connectivity index (χ1v) is 16.1. The molecule has 0 spiro atoms. The minimum atomic E-state index is -0.162. The number of nitrogens with zero attached hydrogens (tertiary/aromatic N) is 2. The molecule has 9 heteroatoms. The fourth-order valence-electron chi connectivity index (χ4n) is 5.89. The van der Waals surface area contributed by atoms with Gasteiger partial charge in [0.1, 0.15) is 6.29 Å². The van der Waals surface area contributed by atoms with Gasteiger partial charge in [-0.25, -0.2) is 9.97 Å². The Hall–Kier alpha value is -6.48. The van der Waals surface area contributed by atoms with Crippen molar-refractivity contribution < 1.29 is 22.9 Å². The smallest absolute Gasteiger partial charge is 0.257 e. The molecule has 0 atom stereocenters. The van der Waals surface area contributed by atoms with E-state index in [-0.39, 0.29) is 23.5 Å². The van der Waals surface area contributed by atoms with Crippen molar-refractivity contribution in [3.63, 3.8) is 0 Å². The third kappa shape index (κ3) is 7.28. The van der Waals surface area contributed by atoms with Gasteiger partial charge >= 0.3 is 0 Å². The third-order valence-corrected chi connectivity index (χ3v) is 8.51. The topological polar surface area (TPSA) is 136 Å². The molecule has 0 fully saturated rings. The SMILES string of the molecule is O=Cc1ccc(-c2nc3cc[nH]c(=O)c3cc2-c2ccccc2)cc1.[Cl-].[NH3+]Cc1ccc(-c2nc3cc[nH]c(=O)c3cc2-c2ccccc2)cc1. The van der Waals surface area contributed by atoms with Gasteiger partial charge in [-0.1, -0.05) is 109 Å². The number of aromatic amines is 2. The van der Waals surface area contributed by atoms with Crippen molar-refractivity contribution in [1.82, 2.24) is 19.9 Å². The fraction of sp³-hybridized carbons (Fsp3) is 0.0238. The minimum Gasteiger partial charge on any atom is -1.00 e. The number of fused-ring (bicyclic) bond motifs is 2. The second-order valence-corrected chi connectivity index (χ2v) is 11.7. The summed E-state index contributed by atoms with van der Waals surface area (Å²) in [5.74, 6) is 0. The number of halogens is 1. The highest BCUT2D eigenvalue weighted by Crippen LogP contribution is 2.34. The molecule has 51 heavy (non-hydrogen) atoms. The van der Waals surface area contributed by atoms with Crippen molar-refractivity contribution in [2.45, 2.75) is 6.54 Å². The average Bonchev–Trinajstić information content (AvgIpc) is 3.18. The molecule has 8 nitrogen and oxygen atoms in total. The lowest BCUT2D eigenvalue weighted by Gasteiger charge is -2.11. The Bertz CT molecular complexity index is 2570. The van der Waals surface area contributed by atoms with Crippen molar-refractivity contribution in [2.75, 3.05) is 0 Å². The summed E-state index contributed by atoms with van der Waals surface area (Å²) in [7, 11) is 0. The largest absolute Gasteiger partial charge is 1.00 e. The van der Waals surface area contributed by atoms with E-state index in [1.807, 2.05) is 91.0 Å². The van der Waals surface area contributed by atoms with Crippen LogP contribution in [0.15, 0.2) is 155 Å². The van der Waals surface area contributed by atoms with E-state index in [0.717, 1.165) is 57.6 Å². The van der Waals surface area contributed by atoms with Gasteiger partial charge in [-0.05, 0) is 35.4 Å². The van der Waals surface area contributed by atoms with Crippen molar-refractivity contribution in [1.29, 1.82) is 0 Å². The van der Waals surface area contributed by atoms with Crippen molar-refractivity contribution in [3.8, 4) is 44.8 Å². The number of carbonyl (C=O) groups is 1. The van der Waals surface area contributed by atoms with Crippen molar-refractivity contribution in [2.24, 2.45) is 0 Å². The monoisotopic (exact) mass is 689 g/mol. The molecule has 0 aliphatic rings. The number of benzene rings is 4. The Morgan fingerprint density at radius 3 is 1.39 bits per heavy atom. The van der Waals surface area contributed by atoms with Gasteiger partial charge in [0, 0.05) is 45.8 Å². The Kier molecular flexibility index (Phi) is 10.4. The molecule has 4 aromatic heterocycles. The van der Waals surface area contributed by atoms with Gasteiger partial charge in [0.2, 0.25) is 0 Å². The number of rotatable bonds is 6. The lowest BCUT2D eigenvalue weighted by molar-refractivity contribution is -0.386. The van der Waals surface area contributed by atoms with E-state index in [9.17, 15) is 14.4 Å². The van der Waals surface area contributed by atoms with Crippen LogP contribution >= 0.6 is 0 Å². The van der Waals surface area contributed by atoms with Crippen LogP contribution in [0.5, 0.6) is 0 Å². The first kappa shape index (κ1) is 34.4. The highest BCUT2D eigenvalue weighted by molar-refractivity contribution is 5.92. The zero-order valence-corrected chi connectivity index (χ0v) is 28.1. The van der Waals surface area contributed by atoms with E-state index in [1.54, 1.807) is 30.6 Å². The summed E-state index contributed by atoms with van der Waals surface area (Å²) in [5, 5.41) is 1.15. The fourth-order valence-corrected chi connectivity index (χ4v) is 5.89. The number of H-pyrrole nitrogens is 2. The molecule has 8 rings (SSSR count). The summed E-state index contributed by atoms with van der Waals surface area (Å²) in [6.07, 6.45) is 4.05. The third-order valence-electron chi connectivity index (χ3n) is 8.51. The van der Waals surface area contributed by atoms with Crippen LogP contribution in [0.1, 0.15) is 15.9 Å². The highest BCUT2D eigenvalue weighted by atomic mass is 35.5. The summed E-state index contributed by atoms with van der Waals surface area (Å²) < 4.78 is 0. The molecule has 0 aliphatic carbocycles. The maximum absolute atomic E-state index is 12.2. The molecule has 0 bridgehead atoms. The highest BCUT2D eigenvalue weighted by Gasteiger charge is 2.14. The molecule has 0 radical (unpaired) electrons. The van der Waals surface area contributed by atoms with Gasteiger partial charge in [-0.2, -0.15) is 0 Å². The molecule has 0 unspecified atom stereocenters. The number of hydrogen-bond acceptors (Lipinski definition) is 5. The van der Waals surface area contributed by atoms with Gasteiger partial charge in [-0.3, -0.25) is 14.4 Å². The van der Waals surface area contributed by atoms with Crippen LogP contribution < -0.4 is 29.3 Å². The van der Waals surface area contributed by atoms with Crippen LogP contribution in [0.4, 0.5) is 0 Å². The lowest BCUT2D eigenvalue weighted by atomic mass is 9.97. The first-order chi connectivity index (χ1) is 24.5. The molecule has 0 saturated carbocycles. The number of aromatic nitrogens is 4. The van der Waals surface area contributed by atoms with Crippen LogP contribution in [0.25, 0.3) is 66.6 Å². The van der Waals surface area contributed by atoms with Gasteiger partial charge < -0.3 is 28.1 Å². The van der Waals surface area contributed by atoms with Gasteiger partial charge in [0.05, 0.1) is 39.7 Å². The van der Waals surface area contributed by atoms with Crippen LogP contribution in [0, 0.1) is 0 Å². The Morgan fingerprint density at radius 1 is 0.549 bits per heavy atom. The second-order valence-electron chi connectivity index (χ2n) is 11.7. The van der Waals surface area contributed by atoms with E-state index < -0.39 is 0 Å². The average molecular weight is 690 g/mol. The molecule has 4 aromatic carbocycles. The quantitative estimate of drug-likeness (QED) is 0.226.